The van der Waals surface area contributed by atoms with E-state index in [0.717, 1.165) is 30.8 Å². The number of piperidine rings is 1. The highest BCUT2D eigenvalue weighted by atomic mass is 35.5. The first-order chi connectivity index (χ1) is 10.6. The molecule has 1 N–H and O–H groups in total. The molecule has 0 saturated carbocycles. The van der Waals surface area contributed by atoms with Crippen molar-refractivity contribution in [3.8, 4) is 5.75 Å². The van der Waals surface area contributed by atoms with Crippen molar-refractivity contribution < 1.29 is 9.53 Å². The Morgan fingerprint density at radius 3 is 2.96 bits per heavy atom. The predicted molar refractivity (Wildman–Crippen MR) is 95.2 cm³/mol. The average Bonchev–Trinajstić information content (AvgIpc) is 2.55. The molecule has 1 aromatic rings. The lowest BCUT2D eigenvalue weighted by atomic mass is 10.1. The van der Waals surface area contributed by atoms with Crippen LogP contribution in [0.15, 0.2) is 24.3 Å². The molecule has 130 valence electrons. The maximum atomic E-state index is 12.4. The summed E-state index contributed by atoms with van der Waals surface area (Å²) in [5, 5.41) is 3.31. The Morgan fingerprint density at radius 1 is 1.48 bits per heavy atom. The van der Waals surface area contributed by atoms with Gasteiger partial charge in [-0.1, -0.05) is 12.1 Å². The van der Waals surface area contributed by atoms with Gasteiger partial charge in [0.05, 0.1) is 13.7 Å². The number of benzene rings is 1. The maximum absolute atomic E-state index is 12.4. The van der Waals surface area contributed by atoms with Gasteiger partial charge in [0.1, 0.15) is 5.75 Å². The largest absolute Gasteiger partial charge is 0.497 e. The molecule has 0 aliphatic carbocycles. The zero-order valence-corrected chi connectivity index (χ0v) is 15.1. The summed E-state index contributed by atoms with van der Waals surface area (Å²) in [6.07, 6.45) is 2.35. The lowest BCUT2D eigenvalue weighted by Gasteiger charge is -2.33. The minimum absolute atomic E-state index is 0. The van der Waals surface area contributed by atoms with Crippen LogP contribution in [0, 0.1) is 0 Å². The monoisotopic (exact) mass is 341 g/mol. The van der Waals surface area contributed by atoms with Crippen LogP contribution in [0.1, 0.15) is 18.4 Å². The van der Waals surface area contributed by atoms with Crippen LogP contribution in [-0.2, 0) is 11.3 Å². The van der Waals surface area contributed by atoms with Crippen molar-refractivity contribution in [2.75, 3.05) is 40.8 Å². The molecule has 1 heterocycles. The fraction of sp³-hybridized carbons (Fsp3) is 0.588. The molecule has 1 amide bonds. The van der Waals surface area contributed by atoms with E-state index in [1.165, 1.54) is 6.42 Å². The lowest BCUT2D eigenvalue weighted by Crippen LogP contribution is -2.48. The molecule has 1 aromatic carbocycles. The van der Waals surface area contributed by atoms with Gasteiger partial charge in [0.2, 0.25) is 5.91 Å². The lowest BCUT2D eigenvalue weighted by molar-refractivity contribution is -0.132. The van der Waals surface area contributed by atoms with E-state index in [1.807, 2.05) is 38.4 Å². The highest BCUT2D eigenvalue weighted by Gasteiger charge is 2.21. The summed E-state index contributed by atoms with van der Waals surface area (Å²) < 4.78 is 5.22. The molecule has 1 unspecified atom stereocenters. The van der Waals surface area contributed by atoms with Crippen molar-refractivity contribution >= 4 is 18.3 Å². The topological polar surface area (TPSA) is 44.8 Å². The minimum atomic E-state index is 0. The molecule has 1 fully saturated rings. The molecule has 5 nitrogen and oxygen atoms in total. The van der Waals surface area contributed by atoms with Crippen molar-refractivity contribution in [2.24, 2.45) is 0 Å². The highest BCUT2D eigenvalue weighted by molar-refractivity contribution is 5.85. The van der Waals surface area contributed by atoms with Crippen molar-refractivity contribution in [3.63, 3.8) is 0 Å². The van der Waals surface area contributed by atoms with Crippen LogP contribution in [0.5, 0.6) is 5.75 Å². The van der Waals surface area contributed by atoms with Gasteiger partial charge in [0, 0.05) is 26.2 Å². The van der Waals surface area contributed by atoms with Crippen LogP contribution in [0.2, 0.25) is 0 Å². The van der Waals surface area contributed by atoms with Gasteiger partial charge in [-0.2, -0.15) is 0 Å². The Kier molecular flexibility index (Phi) is 8.37. The third kappa shape index (κ3) is 6.01. The first-order valence-corrected chi connectivity index (χ1v) is 7.89. The number of nitrogens with one attached hydrogen (secondary N) is 1. The number of halogens is 1. The van der Waals surface area contributed by atoms with Gasteiger partial charge in [-0.05, 0) is 44.1 Å². The number of likely N-dealkylation sites (tertiary alicyclic amines) is 1. The Hall–Kier alpha value is -1.30. The Balaban J connectivity index is 0.00000264. The van der Waals surface area contributed by atoms with Gasteiger partial charge < -0.3 is 15.0 Å². The number of carbonyl (C=O) groups excluding carboxylic acids is 1. The van der Waals surface area contributed by atoms with Crippen LogP contribution >= 0.6 is 12.4 Å². The first kappa shape index (κ1) is 19.7. The SMILES string of the molecule is CNC1CCCN(CC(=O)N(C)Cc2cccc(OC)c2)C1.Cl. The van der Waals surface area contributed by atoms with Gasteiger partial charge >= 0.3 is 0 Å². The van der Waals surface area contributed by atoms with Gasteiger partial charge in [-0.15, -0.1) is 12.4 Å². The summed E-state index contributed by atoms with van der Waals surface area (Å²) >= 11 is 0. The Bertz CT molecular complexity index is 498. The molecule has 1 aliphatic heterocycles. The number of likely N-dealkylation sites (N-methyl/N-ethyl adjacent to an activating group) is 2. The summed E-state index contributed by atoms with van der Waals surface area (Å²) in [6, 6.07) is 8.36. The van der Waals surface area contributed by atoms with E-state index in [0.29, 0.717) is 19.1 Å². The Labute approximate surface area is 145 Å². The zero-order chi connectivity index (χ0) is 15.9. The van der Waals surface area contributed by atoms with E-state index >= 15 is 0 Å². The number of rotatable bonds is 6. The zero-order valence-electron chi connectivity index (χ0n) is 14.2. The highest BCUT2D eigenvalue weighted by Crippen LogP contribution is 2.14. The van der Waals surface area contributed by atoms with E-state index in [-0.39, 0.29) is 18.3 Å². The smallest absolute Gasteiger partial charge is 0.236 e. The summed E-state index contributed by atoms with van der Waals surface area (Å²) in [5.74, 6) is 0.991. The van der Waals surface area contributed by atoms with Crippen LogP contribution in [-0.4, -0.2) is 62.6 Å². The summed E-state index contributed by atoms with van der Waals surface area (Å²) in [4.78, 5) is 16.4. The van der Waals surface area contributed by atoms with Crippen molar-refractivity contribution in [2.45, 2.75) is 25.4 Å². The molecule has 1 aliphatic rings. The Morgan fingerprint density at radius 2 is 2.26 bits per heavy atom. The second-order valence-corrected chi connectivity index (χ2v) is 5.96. The summed E-state index contributed by atoms with van der Waals surface area (Å²) in [7, 11) is 5.51. The van der Waals surface area contributed by atoms with Crippen molar-refractivity contribution in [1.29, 1.82) is 0 Å². The third-order valence-electron chi connectivity index (χ3n) is 4.25. The van der Waals surface area contributed by atoms with Crippen LogP contribution < -0.4 is 10.1 Å². The number of methoxy groups -OCH3 is 1. The second-order valence-electron chi connectivity index (χ2n) is 5.96. The molecule has 0 radical (unpaired) electrons. The van der Waals surface area contributed by atoms with E-state index < -0.39 is 0 Å². The van der Waals surface area contributed by atoms with Crippen LogP contribution in [0.3, 0.4) is 0 Å². The standard InChI is InChI=1S/C17H27N3O2.ClH/c1-18-15-7-5-9-20(12-15)13-17(21)19(2)11-14-6-4-8-16(10-14)22-3;/h4,6,8,10,15,18H,5,7,9,11-13H2,1-3H3;1H. The maximum Gasteiger partial charge on any atom is 0.236 e. The third-order valence-corrected chi connectivity index (χ3v) is 4.25. The normalized spacial score (nSPS) is 18.1. The van der Waals surface area contributed by atoms with Gasteiger partial charge in [0.25, 0.3) is 0 Å². The summed E-state index contributed by atoms with van der Waals surface area (Å²) in [5.41, 5.74) is 1.09. The number of nitrogens with zero attached hydrogens (tertiary/aromatic N) is 2. The molecule has 23 heavy (non-hydrogen) atoms. The van der Waals surface area contributed by atoms with Crippen LogP contribution in [0.4, 0.5) is 0 Å². The number of amides is 1. The fourth-order valence-corrected chi connectivity index (χ4v) is 2.88. The minimum Gasteiger partial charge on any atom is -0.497 e. The van der Waals surface area contributed by atoms with E-state index in [1.54, 1.807) is 12.0 Å². The first-order valence-electron chi connectivity index (χ1n) is 7.89. The number of carbonyl (C=O) groups is 1. The van der Waals surface area contributed by atoms with Crippen molar-refractivity contribution in [3.05, 3.63) is 29.8 Å². The number of ether oxygens (including phenoxy) is 1. The summed E-state index contributed by atoms with van der Waals surface area (Å²) in [6.45, 7) is 3.07. The molecule has 0 bridgehead atoms. The molecule has 2 rings (SSSR count). The molecular weight excluding hydrogens is 314 g/mol. The molecule has 0 spiro atoms. The number of hydrogen-bond acceptors (Lipinski definition) is 4. The average molecular weight is 342 g/mol. The molecular formula is C17H28ClN3O2. The van der Waals surface area contributed by atoms with E-state index in [9.17, 15) is 4.79 Å². The molecule has 1 saturated heterocycles. The molecule has 6 heteroatoms. The molecule has 0 aromatic heterocycles. The van der Waals surface area contributed by atoms with Gasteiger partial charge in [-0.25, -0.2) is 0 Å². The quantitative estimate of drug-likeness (QED) is 0.856. The second kappa shape index (κ2) is 9.75. The fourth-order valence-electron chi connectivity index (χ4n) is 2.88. The van der Waals surface area contributed by atoms with Crippen LogP contribution in [0.25, 0.3) is 0 Å². The molecule has 1 atom stereocenters. The van der Waals surface area contributed by atoms with Gasteiger partial charge in [0.15, 0.2) is 0 Å². The predicted octanol–water partition coefficient (Wildman–Crippen LogP) is 1.76. The van der Waals surface area contributed by atoms with Gasteiger partial charge in [-0.3, -0.25) is 9.69 Å². The van der Waals surface area contributed by atoms with E-state index in [4.69, 9.17) is 4.74 Å². The number of hydrogen-bond donors (Lipinski definition) is 1. The van der Waals surface area contributed by atoms with E-state index in [2.05, 4.69) is 10.2 Å². The van der Waals surface area contributed by atoms with Crippen molar-refractivity contribution in [1.82, 2.24) is 15.1 Å².